The molecule has 1 unspecified atom stereocenters. The molecule has 0 aromatic rings. The third-order valence-corrected chi connectivity index (χ3v) is 18.8. The first-order valence-electron chi connectivity index (χ1n) is 23.4. The van der Waals surface area contributed by atoms with Crippen LogP contribution in [0.5, 0.6) is 0 Å². The van der Waals surface area contributed by atoms with Gasteiger partial charge in [-0.1, -0.05) is 47.1 Å². The monoisotopic (exact) mass is 971 g/mol. The van der Waals surface area contributed by atoms with Gasteiger partial charge in [0.25, 0.3) is 0 Å². The van der Waals surface area contributed by atoms with Gasteiger partial charge < -0.3 is 70.6 Å². The Morgan fingerprint density at radius 3 is 1.91 bits per heavy atom. The molecule has 380 valence electrons. The molecule has 0 amide bonds. The number of allylic oxidation sites excluding steroid dienone is 2. The third-order valence-electron chi connectivity index (χ3n) is 18.2. The summed E-state index contributed by atoms with van der Waals surface area (Å²) in [5.74, 6) is -4.57. The van der Waals surface area contributed by atoms with Crippen LogP contribution in [-0.4, -0.2) is 161 Å². The summed E-state index contributed by atoms with van der Waals surface area (Å²) in [5, 5.41) is 91.3. The standard InChI is InChI=1S/C42H62O16.C5H11NO2S/c1-37(2)21-8-11-42(7)31(20(43)16-18-19-17-39(4,36(53)54)13-12-38(19,3)14-15-41(18,42)6)40(21,5)10-9-22(37)55-35-30(26(47)25(46)29(57-35)33(51)52)58-34-27(48)23(44)24(45)28(56-34)32(49)50;1-9-3-2-4(6)5(7)8/h16,19,21-31,34-35,44-48H,8-15,17H2,1-7H3,(H,49,50)(H,51,52)(H,53,54);4H,2-3,6H2,1H3,(H,7,8)/t19-,21-,22-,23-,24-,25-,26-,27+,28-,29-,30+,31+,34-,35-,38+,39-,40-,41+,42+;/m0./s1. The van der Waals surface area contributed by atoms with Crippen LogP contribution in [-0.2, 0) is 42.9 Å². The molecular weight excluding hydrogens is 899 g/mol. The fourth-order valence-corrected chi connectivity index (χ4v) is 14.2. The van der Waals surface area contributed by atoms with Crippen LogP contribution in [0.4, 0.5) is 0 Å². The van der Waals surface area contributed by atoms with Crippen molar-refractivity contribution in [2.75, 3.05) is 12.0 Å². The number of carbonyl (C=O) groups is 5. The summed E-state index contributed by atoms with van der Waals surface area (Å²) in [6.07, 6.45) is -9.77. The number of hydrogen-bond donors (Lipinski definition) is 10. The molecule has 7 rings (SSSR count). The first-order valence-corrected chi connectivity index (χ1v) is 24.8. The molecule has 7 aliphatic rings. The molecule has 67 heavy (non-hydrogen) atoms. The Morgan fingerprint density at radius 1 is 0.761 bits per heavy atom. The Bertz CT molecular complexity index is 1950. The Morgan fingerprint density at radius 2 is 1.34 bits per heavy atom. The number of aliphatic hydroxyl groups excluding tert-OH is 5. The minimum atomic E-state index is -2.05. The number of aliphatic hydroxyl groups is 5. The lowest BCUT2D eigenvalue weighted by Crippen LogP contribution is -2.68. The lowest BCUT2D eigenvalue weighted by atomic mass is 9.33. The Labute approximate surface area is 395 Å². The fourth-order valence-electron chi connectivity index (χ4n) is 13.7. The van der Waals surface area contributed by atoms with Crippen molar-refractivity contribution in [2.45, 2.75) is 186 Å². The number of aliphatic carboxylic acids is 4. The summed E-state index contributed by atoms with van der Waals surface area (Å²) in [6, 6.07) is -0.683. The van der Waals surface area contributed by atoms with E-state index in [1.807, 2.05) is 33.1 Å². The van der Waals surface area contributed by atoms with E-state index in [-0.39, 0.29) is 34.4 Å². The molecule has 0 spiro atoms. The van der Waals surface area contributed by atoms with Gasteiger partial charge in [-0.25, -0.2) is 9.59 Å². The predicted octanol–water partition coefficient (Wildman–Crippen LogP) is 2.40. The molecule has 4 saturated carbocycles. The minimum Gasteiger partial charge on any atom is -0.481 e. The first-order chi connectivity index (χ1) is 31.0. The number of nitrogens with two attached hydrogens (primary N) is 1. The Hall–Kier alpha value is -2.76. The second-order valence-electron chi connectivity index (χ2n) is 22.3. The van der Waals surface area contributed by atoms with Gasteiger partial charge in [0.1, 0.15) is 42.7 Å². The molecule has 5 aliphatic carbocycles. The summed E-state index contributed by atoms with van der Waals surface area (Å²) >= 11 is 1.60. The van der Waals surface area contributed by atoms with E-state index in [1.54, 1.807) is 11.8 Å². The lowest BCUT2D eigenvalue weighted by Gasteiger charge is -2.70. The quantitative estimate of drug-likeness (QED) is 0.133. The van der Waals surface area contributed by atoms with Crippen LogP contribution < -0.4 is 5.73 Å². The van der Waals surface area contributed by atoms with E-state index in [0.717, 1.165) is 43.4 Å². The highest BCUT2D eigenvalue weighted by Gasteiger charge is 2.71. The molecule has 2 saturated heterocycles. The molecule has 2 heterocycles. The van der Waals surface area contributed by atoms with Gasteiger partial charge in [-0.3, -0.25) is 14.4 Å². The number of fused-ring (bicyclic) bond motifs is 7. The topological polar surface area (TPSA) is 330 Å². The van der Waals surface area contributed by atoms with Crippen molar-refractivity contribution in [3.05, 3.63) is 11.6 Å². The van der Waals surface area contributed by atoms with Crippen LogP contribution >= 0.6 is 11.8 Å². The van der Waals surface area contributed by atoms with Crippen molar-refractivity contribution in [2.24, 2.45) is 56.0 Å². The number of carboxylic acid groups (broad SMARTS) is 4. The van der Waals surface area contributed by atoms with Gasteiger partial charge in [0.05, 0.1) is 11.5 Å². The average Bonchev–Trinajstić information content (AvgIpc) is 3.24. The van der Waals surface area contributed by atoms with Crippen LogP contribution in [0.1, 0.15) is 113 Å². The van der Waals surface area contributed by atoms with Gasteiger partial charge in [0.2, 0.25) is 0 Å². The van der Waals surface area contributed by atoms with Gasteiger partial charge >= 0.3 is 23.9 Å². The first kappa shape index (κ1) is 53.6. The largest absolute Gasteiger partial charge is 0.481 e. The van der Waals surface area contributed by atoms with Crippen LogP contribution in [0, 0.1) is 50.2 Å². The summed E-state index contributed by atoms with van der Waals surface area (Å²) in [6.45, 7) is 14.8. The molecule has 2 aliphatic heterocycles. The SMILES string of the molecule is CC1(C)[C@@H](O[C@H]2O[C@H](C(=O)O)[C@@H](O)[C@H](O)[C@H]2O[C@@H]2O[C@H](C(=O)O)[C@@H](O)[C@H](O)[C@H]2O)CC[C@]2(C)[C@H]3C(=O)C=C4[C@@H]5C[C@@](C)(C(=O)O)CC[C@]5(C)CC[C@@]4(C)[C@]3(C)CC[C@@H]12.CSCCC(N)C(=O)O. The molecule has 0 aromatic heterocycles. The summed E-state index contributed by atoms with van der Waals surface area (Å²) < 4.78 is 23.4. The normalized spacial score (nSPS) is 47.3. The predicted molar refractivity (Wildman–Crippen MR) is 238 cm³/mol. The third kappa shape index (κ3) is 9.12. The molecule has 20 heteroatoms. The van der Waals surface area contributed by atoms with Crippen LogP contribution in [0.3, 0.4) is 0 Å². The highest BCUT2D eigenvalue weighted by Crippen LogP contribution is 2.75. The second kappa shape index (κ2) is 19.1. The van der Waals surface area contributed by atoms with Crippen molar-refractivity contribution >= 4 is 41.4 Å². The van der Waals surface area contributed by atoms with Crippen molar-refractivity contribution in [1.82, 2.24) is 0 Å². The molecule has 0 bridgehead atoms. The fraction of sp³-hybridized carbons (Fsp3) is 0.851. The lowest BCUT2D eigenvalue weighted by molar-refractivity contribution is -0.371. The zero-order valence-corrected chi connectivity index (χ0v) is 40.5. The zero-order valence-electron chi connectivity index (χ0n) is 39.7. The Balaban J connectivity index is 0.000000746. The molecule has 19 nitrogen and oxygen atoms in total. The van der Waals surface area contributed by atoms with Crippen LogP contribution in [0.25, 0.3) is 0 Å². The van der Waals surface area contributed by atoms with E-state index in [2.05, 4.69) is 27.7 Å². The molecule has 20 atom stereocenters. The summed E-state index contributed by atoms with van der Waals surface area (Å²) in [5.41, 5.74) is 3.38. The number of carbonyl (C=O) groups excluding carboxylic acids is 1. The summed E-state index contributed by atoms with van der Waals surface area (Å²) in [4.78, 5) is 61.4. The van der Waals surface area contributed by atoms with Gasteiger partial charge in [0.15, 0.2) is 30.6 Å². The molecule has 6 fully saturated rings. The number of thioether (sulfide) groups is 1. The number of rotatable bonds is 11. The molecule has 0 radical (unpaired) electrons. The van der Waals surface area contributed by atoms with Gasteiger partial charge in [-0.2, -0.15) is 11.8 Å². The van der Waals surface area contributed by atoms with E-state index in [4.69, 9.17) is 29.8 Å². The number of hydrogen-bond acceptors (Lipinski definition) is 16. The van der Waals surface area contributed by atoms with Gasteiger partial charge in [-0.05, 0) is 128 Å². The molecular formula is C47H73NO18S. The highest BCUT2D eigenvalue weighted by atomic mass is 32.2. The van der Waals surface area contributed by atoms with E-state index < -0.39 is 119 Å². The average molecular weight is 972 g/mol. The maximum absolute atomic E-state index is 14.8. The number of ether oxygens (including phenoxy) is 4. The van der Waals surface area contributed by atoms with Gasteiger partial charge in [0, 0.05) is 5.92 Å². The van der Waals surface area contributed by atoms with E-state index >= 15 is 0 Å². The zero-order chi connectivity index (χ0) is 50.1. The van der Waals surface area contributed by atoms with Crippen LogP contribution in [0.15, 0.2) is 11.6 Å². The van der Waals surface area contributed by atoms with Gasteiger partial charge in [-0.15, -0.1) is 0 Å². The molecule has 0 aromatic carbocycles. The molecule has 11 N–H and O–H groups in total. The highest BCUT2D eigenvalue weighted by molar-refractivity contribution is 7.98. The van der Waals surface area contributed by atoms with E-state index in [9.17, 15) is 64.8 Å². The maximum atomic E-state index is 14.8. The maximum Gasteiger partial charge on any atom is 0.335 e. The summed E-state index contributed by atoms with van der Waals surface area (Å²) in [7, 11) is 0. The van der Waals surface area contributed by atoms with E-state index in [1.165, 1.54) is 0 Å². The number of ketones is 1. The minimum absolute atomic E-state index is 0.0217. The second-order valence-corrected chi connectivity index (χ2v) is 23.3. The smallest absolute Gasteiger partial charge is 0.335 e. The Kier molecular flexibility index (Phi) is 15.3. The van der Waals surface area contributed by atoms with Crippen molar-refractivity contribution in [3.8, 4) is 0 Å². The van der Waals surface area contributed by atoms with Crippen molar-refractivity contribution in [3.63, 3.8) is 0 Å². The van der Waals surface area contributed by atoms with Crippen molar-refractivity contribution in [1.29, 1.82) is 0 Å². The van der Waals surface area contributed by atoms with E-state index in [0.29, 0.717) is 32.1 Å². The van der Waals surface area contributed by atoms with Crippen LogP contribution in [0.2, 0.25) is 0 Å². The number of carboxylic acids is 4. The van der Waals surface area contributed by atoms with Crippen molar-refractivity contribution < 1.29 is 88.9 Å².